The van der Waals surface area contributed by atoms with E-state index >= 15 is 0 Å². The Morgan fingerprint density at radius 2 is 2.10 bits per heavy atom. The molecule has 0 radical (unpaired) electrons. The Morgan fingerprint density at radius 1 is 1.45 bits per heavy atom. The molecule has 2 N–H and O–H groups in total. The number of rotatable bonds is 5. The molecule has 0 aliphatic heterocycles. The number of carboxylic acid groups (broad SMARTS) is 1. The summed E-state index contributed by atoms with van der Waals surface area (Å²) in [6.45, 7) is 0. The van der Waals surface area contributed by atoms with Gasteiger partial charge in [0.25, 0.3) is 0 Å². The molecule has 6 nitrogen and oxygen atoms in total. The lowest BCUT2D eigenvalue weighted by atomic mass is 10.1. The van der Waals surface area contributed by atoms with Crippen molar-refractivity contribution in [1.29, 1.82) is 0 Å². The third kappa shape index (κ3) is 4.16. The summed E-state index contributed by atoms with van der Waals surface area (Å²) < 4.78 is 26.2. The fraction of sp³-hybridized carbons (Fsp3) is 0.333. The molecule has 0 spiro atoms. The van der Waals surface area contributed by atoms with Gasteiger partial charge in [-0.25, -0.2) is 23.4 Å². The number of halogens is 2. The molecule has 0 aliphatic rings. The Labute approximate surface area is 113 Å². The Morgan fingerprint density at radius 3 is 2.60 bits per heavy atom. The van der Waals surface area contributed by atoms with Crippen LogP contribution in [0.2, 0.25) is 0 Å². The van der Waals surface area contributed by atoms with E-state index in [1.165, 1.54) is 14.2 Å². The number of nitrogens with zero attached hydrogens (tertiary/aromatic N) is 1. The molecule has 0 fully saturated rings. The van der Waals surface area contributed by atoms with Gasteiger partial charge in [-0.1, -0.05) is 6.07 Å². The van der Waals surface area contributed by atoms with E-state index in [-0.39, 0.29) is 12.0 Å². The molecule has 110 valence electrons. The van der Waals surface area contributed by atoms with E-state index in [1.807, 2.05) is 0 Å². The number of aliphatic carboxylic acids is 1. The predicted octanol–water partition coefficient (Wildman–Crippen LogP) is 1.16. The summed E-state index contributed by atoms with van der Waals surface area (Å²) in [6, 6.07) is 0.646. The smallest absolute Gasteiger partial charge is 0.341 e. The van der Waals surface area contributed by atoms with Crippen molar-refractivity contribution >= 4 is 12.0 Å². The van der Waals surface area contributed by atoms with E-state index in [9.17, 15) is 18.4 Å². The van der Waals surface area contributed by atoms with Crippen molar-refractivity contribution in [3.8, 4) is 0 Å². The first-order chi connectivity index (χ1) is 9.35. The number of hydrogen-bond donors (Lipinski definition) is 2. The highest BCUT2D eigenvalue weighted by Gasteiger charge is 2.23. The quantitative estimate of drug-likeness (QED) is 0.797. The second-order valence-corrected chi connectivity index (χ2v) is 3.96. The number of carbonyl (C=O) groups is 2. The van der Waals surface area contributed by atoms with Gasteiger partial charge in [0.05, 0.1) is 7.11 Å². The number of hydroxylamine groups is 2. The molecule has 8 heteroatoms. The van der Waals surface area contributed by atoms with Gasteiger partial charge in [-0.15, -0.1) is 0 Å². The molecule has 0 bridgehead atoms. The van der Waals surface area contributed by atoms with E-state index in [2.05, 4.69) is 10.2 Å². The van der Waals surface area contributed by atoms with Crippen LogP contribution >= 0.6 is 0 Å². The number of amides is 2. The Hall–Kier alpha value is -2.22. The Kier molecular flexibility index (Phi) is 5.39. The van der Waals surface area contributed by atoms with E-state index in [0.29, 0.717) is 6.07 Å². The third-order valence-electron chi connectivity index (χ3n) is 2.59. The van der Waals surface area contributed by atoms with Crippen LogP contribution in [-0.4, -0.2) is 42.4 Å². The summed E-state index contributed by atoms with van der Waals surface area (Å²) in [4.78, 5) is 27.1. The molecule has 1 aromatic rings. The molecule has 1 aromatic carbocycles. The normalized spacial score (nSPS) is 11.8. The zero-order valence-electron chi connectivity index (χ0n) is 10.9. The highest BCUT2D eigenvalue weighted by Crippen LogP contribution is 2.12. The number of carboxylic acids is 1. The molecule has 0 heterocycles. The molecule has 0 aromatic heterocycles. The molecule has 2 amide bonds. The number of nitrogens with one attached hydrogen (secondary N) is 1. The fourth-order valence-electron chi connectivity index (χ4n) is 1.43. The molecule has 0 saturated heterocycles. The first kappa shape index (κ1) is 15.8. The largest absolute Gasteiger partial charge is 0.480 e. The molecule has 1 rings (SSSR count). The Balaban J connectivity index is 2.82. The van der Waals surface area contributed by atoms with E-state index in [4.69, 9.17) is 5.11 Å². The average Bonchev–Trinajstić information content (AvgIpc) is 2.39. The van der Waals surface area contributed by atoms with Crippen molar-refractivity contribution < 1.29 is 28.3 Å². The third-order valence-corrected chi connectivity index (χ3v) is 2.59. The summed E-state index contributed by atoms with van der Waals surface area (Å²) in [6.07, 6.45) is -0.315. The zero-order chi connectivity index (χ0) is 15.3. The molecular weight excluding hydrogens is 274 g/mol. The van der Waals surface area contributed by atoms with Crippen LogP contribution in [0.4, 0.5) is 13.6 Å². The SMILES string of the molecule is CON(C)C(=O)N[C@@H](Cc1ccc(F)cc1F)C(=O)O. The van der Waals surface area contributed by atoms with Crippen LogP contribution in [0.15, 0.2) is 18.2 Å². The van der Waals surface area contributed by atoms with Crippen LogP contribution in [0.1, 0.15) is 5.56 Å². The minimum atomic E-state index is -1.36. The lowest BCUT2D eigenvalue weighted by Gasteiger charge is -2.19. The van der Waals surface area contributed by atoms with Gasteiger partial charge >= 0.3 is 12.0 Å². The van der Waals surface area contributed by atoms with Crippen molar-refractivity contribution in [2.75, 3.05) is 14.2 Å². The second-order valence-electron chi connectivity index (χ2n) is 3.96. The van der Waals surface area contributed by atoms with Gasteiger partial charge in [0.15, 0.2) is 0 Å². The minimum Gasteiger partial charge on any atom is -0.480 e. The van der Waals surface area contributed by atoms with Gasteiger partial charge in [0, 0.05) is 19.5 Å². The van der Waals surface area contributed by atoms with Crippen molar-refractivity contribution in [3.05, 3.63) is 35.4 Å². The van der Waals surface area contributed by atoms with E-state index < -0.39 is 29.7 Å². The van der Waals surface area contributed by atoms with Gasteiger partial charge in [-0.05, 0) is 11.6 Å². The summed E-state index contributed by atoms with van der Waals surface area (Å²) in [5.74, 6) is -2.97. The number of urea groups is 1. The molecule has 0 aliphatic carbocycles. The lowest BCUT2D eigenvalue weighted by molar-refractivity contribution is -0.139. The van der Waals surface area contributed by atoms with Crippen molar-refractivity contribution in [2.45, 2.75) is 12.5 Å². The van der Waals surface area contributed by atoms with Crippen LogP contribution in [0.25, 0.3) is 0 Å². The molecule has 0 saturated carbocycles. The highest BCUT2D eigenvalue weighted by molar-refractivity contribution is 5.82. The van der Waals surface area contributed by atoms with Crippen molar-refractivity contribution in [1.82, 2.24) is 10.4 Å². The molecule has 20 heavy (non-hydrogen) atoms. The monoisotopic (exact) mass is 288 g/mol. The summed E-state index contributed by atoms with van der Waals surface area (Å²) >= 11 is 0. The van der Waals surface area contributed by atoms with Gasteiger partial charge in [-0.3, -0.25) is 4.84 Å². The first-order valence-electron chi connectivity index (χ1n) is 5.60. The number of hydrogen-bond acceptors (Lipinski definition) is 3. The van der Waals surface area contributed by atoms with Crippen LogP contribution in [0.3, 0.4) is 0 Å². The fourth-order valence-corrected chi connectivity index (χ4v) is 1.43. The van der Waals surface area contributed by atoms with Crippen molar-refractivity contribution in [3.63, 3.8) is 0 Å². The number of carbonyl (C=O) groups excluding carboxylic acids is 1. The summed E-state index contributed by atoms with van der Waals surface area (Å²) in [7, 11) is 2.52. The Bertz CT molecular complexity index is 510. The molecular formula is C12H14F2N2O4. The molecule has 1 atom stereocenters. The van der Waals surface area contributed by atoms with E-state index in [1.54, 1.807) is 0 Å². The second kappa shape index (κ2) is 6.80. The van der Waals surface area contributed by atoms with Gasteiger partial charge in [-0.2, -0.15) is 0 Å². The molecule has 0 unspecified atom stereocenters. The van der Waals surface area contributed by atoms with Crippen LogP contribution in [0.5, 0.6) is 0 Å². The minimum absolute atomic E-state index is 0.0147. The van der Waals surface area contributed by atoms with Gasteiger partial charge < -0.3 is 10.4 Å². The maximum Gasteiger partial charge on any atom is 0.341 e. The summed E-state index contributed by atoms with van der Waals surface area (Å²) in [5, 5.41) is 12.0. The van der Waals surface area contributed by atoms with Crippen molar-refractivity contribution in [2.24, 2.45) is 0 Å². The lowest BCUT2D eigenvalue weighted by Crippen LogP contribution is -2.47. The van der Waals surface area contributed by atoms with Crippen LogP contribution < -0.4 is 5.32 Å². The standard InChI is InChI=1S/C12H14F2N2O4/c1-16(20-2)12(19)15-10(11(17)18)5-7-3-4-8(13)6-9(7)14/h3-4,6,10H,5H2,1-2H3,(H,15,19)(H,17,18)/t10-/m0/s1. The maximum absolute atomic E-state index is 13.5. The first-order valence-corrected chi connectivity index (χ1v) is 5.60. The van der Waals surface area contributed by atoms with Crippen LogP contribution in [-0.2, 0) is 16.1 Å². The average molecular weight is 288 g/mol. The maximum atomic E-state index is 13.5. The van der Waals surface area contributed by atoms with Gasteiger partial charge in [0.2, 0.25) is 0 Å². The zero-order valence-corrected chi connectivity index (χ0v) is 10.9. The van der Waals surface area contributed by atoms with Gasteiger partial charge in [0.1, 0.15) is 17.7 Å². The summed E-state index contributed by atoms with van der Waals surface area (Å²) in [5.41, 5.74) is -0.0147. The highest BCUT2D eigenvalue weighted by atomic mass is 19.1. The number of benzene rings is 1. The van der Waals surface area contributed by atoms with E-state index in [0.717, 1.165) is 17.2 Å². The topological polar surface area (TPSA) is 78.9 Å². The van der Waals surface area contributed by atoms with Crippen LogP contribution in [0, 0.1) is 11.6 Å². The predicted molar refractivity (Wildman–Crippen MR) is 64.8 cm³/mol.